The van der Waals surface area contributed by atoms with Gasteiger partial charge in [-0.2, -0.15) is 0 Å². The van der Waals surface area contributed by atoms with E-state index in [1.165, 1.54) is 38.9 Å². The van der Waals surface area contributed by atoms with Crippen LogP contribution in [0.5, 0.6) is 0 Å². The van der Waals surface area contributed by atoms with Crippen LogP contribution in [0.1, 0.15) is 67.3 Å². The molecule has 0 radical (unpaired) electrons. The third-order valence-electron chi connectivity index (χ3n) is 8.60. The molecule has 2 nitrogen and oxygen atoms in total. The summed E-state index contributed by atoms with van der Waals surface area (Å²) < 4.78 is 0. The smallest absolute Gasteiger partial charge is 0.0505 e. The average Bonchev–Trinajstić information content (AvgIpc) is 2.94. The van der Waals surface area contributed by atoms with E-state index >= 15 is 0 Å². The topological polar surface area (TPSA) is 24.1 Å². The molecule has 3 atom stereocenters. The lowest BCUT2D eigenvalue weighted by atomic mass is 9.85. The van der Waals surface area contributed by atoms with Crippen LogP contribution >= 0.6 is 0 Å². The van der Waals surface area contributed by atoms with Crippen LogP contribution in [0.3, 0.4) is 0 Å². The fourth-order valence-corrected chi connectivity index (χ4v) is 5.89. The second-order valence-corrected chi connectivity index (χ2v) is 11.8. The fraction of sp³-hybridized carbons (Fsp3) is 0.368. The van der Waals surface area contributed by atoms with Gasteiger partial charge < -0.3 is 10.6 Å². The van der Waals surface area contributed by atoms with Crippen molar-refractivity contribution in [2.75, 3.05) is 0 Å². The molecule has 0 aliphatic carbocycles. The van der Waals surface area contributed by atoms with Crippen LogP contribution in [0.15, 0.2) is 103 Å². The van der Waals surface area contributed by atoms with Gasteiger partial charge in [0, 0.05) is 23.4 Å². The quantitative estimate of drug-likeness (QED) is 0.269. The molecule has 0 saturated carbocycles. The zero-order valence-electron chi connectivity index (χ0n) is 25.2. The van der Waals surface area contributed by atoms with E-state index in [9.17, 15) is 0 Å². The summed E-state index contributed by atoms with van der Waals surface area (Å²) in [7, 11) is 0. The minimum absolute atomic E-state index is 0.137. The van der Waals surface area contributed by atoms with Gasteiger partial charge in [-0.25, -0.2) is 0 Å². The molecular weight excluding hydrogens is 484 g/mol. The Bertz CT molecular complexity index is 1330. The molecule has 2 heteroatoms. The zero-order valence-corrected chi connectivity index (χ0v) is 25.2. The van der Waals surface area contributed by atoms with Gasteiger partial charge in [0.15, 0.2) is 0 Å². The Hall–Kier alpha value is -3.52. The van der Waals surface area contributed by atoms with Crippen LogP contribution in [0.2, 0.25) is 0 Å². The van der Waals surface area contributed by atoms with Crippen LogP contribution < -0.4 is 10.6 Å². The normalized spacial score (nSPS) is 19.0. The second kappa shape index (κ2) is 13.7. The predicted octanol–water partition coefficient (Wildman–Crippen LogP) is 9.03. The summed E-state index contributed by atoms with van der Waals surface area (Å²) in [5.41, 5.74) is 12.7. The minimum Gasteiger partial charge on any atom is -0.385 e. The molecule has 0 aromatic heterocycles. The van der Waals surface area contributed by atoms with Crippen LogP contribution in [0.4, 0.5) is 0 Å². The van der Waals surface area contributed by atoms with Gasteiger partial charge in [0.05, 0.1) is 6.04 Å². The summed E-state index contributed by atoms with van der Waals surface area (Å²) >= 11 is 0. The van der Waals surface area contributed by atoms with Crippen molar-refractivity contribution in [3.05, 3.63) is 131 Å². The molecule has 4 rings (SSSR count). The third-order valence-corrected chi connectivity index (χ3v) is 8.60. The van der Waals surface area contributed by atoms with Crippen molar-refractivity contribution >= 4 is 0 Å². The van der Waals surface area contributed by atoms with Crippen molar-refractivity contribution in [2.45, 2.75) is 84.7 Å². The van der Waals surface area contributed by atoms with Gasteiger partial charge in [0.2, 0.25) is 0 Å². The Kier molecular flexibility index (Phi) is 10.1. The number of fused-ring (bicyclic) bond motifs is 5. The van der Waals surface area contributed by atoms with Crippen molar-refractivity contribution in [2.24, 2.45) is 5.92 Å². The molecule has 1 aliphatic heterocycles. The molecule has 210 valence electrons. The van der Waals surface area contributed by atoms with Gasteiger partial charge in [0.1, 0.15) is 0 Å². The van der Waals surface area contributed by atoms with Gasteiger partial charge in [-0.05, 0) is 91.8 Å². The molecule has 3 aromatic carbocycles. The van der Waals surface area contributed by atoms with E-state index in [2.05, 4.69) is 125 Å². The lowest BCUT2D eigenvalue weighted by molar-refractivity contribution is 0.361. The summed E-state index contributed by atoms with van der Waals surface area (Å²) in [6.45, 7) is 22.4. The lowest BCUT2D eigenvalue weighted by Crippen LogP contribution is -2.43. The molecule has 3 aromatic rings. The second-order valence-electron chi connectivity index (χ2n) is 11.8. The van der Waals surface area contributed by atoms with Crippen LogP contribution in [-0.4, -0.2) is 12.1 Å². The molecule has 0 amide bonds. The van der Waals surface area contributed by atoms with E-state index in [0.717, 1.165) is 61.9 Å². The third kappa shape index (κ3) is 7.56. The number of nitrogens with one attached hydrogen (secondary N) is 2. The monoisotopic (exact) mass is 532 g/mol. The van der Waals surface area contributed by atoms with Crippen molar-refractivity contribution in [1.82, 2.24) is 10.6 Å². The highest BCUT2D eigenvalue weighted by molar-refractivity contribution is 5.66. The first-order valence-electron chi connectivity index (χ1n) is 15.0. The molecule has 2 N–H and O–H groups in total. The highest BCUT2D eigenvalue weighted by Crippen LogP contribution is 2.31. The van der Waals surface area contributed by atoms with Crippen molar-refractivity contribution in [3.63, 3.8) is 0 Å². The van der Waals surface area contributed by atoms with Crippen LogP contribution in [-0.2, 0) is 19.3 Å². The number of allylic oxidation sites excluding steroid dienone is 1. The summed E-state index contributed by atoms with van der Waals surface area (Å²) in [6, 6.07) is 24.9. The Morgan fingerprint density at radius 1 is 0.900 bits per heavy atom. The molecule has 4 bridgehead atoms. The summed E-state index contributed by atoms with van der Waals surface area (Å²) in [5, 5.41) is 7.79. The number of aryl methyl sites for hydroxylation is 3. The standard InChI is InChI=1S/C38H48N2/c1-8-9-15-36-30(7)40-37(26(2)3)24-34-22-32(20-16-27(34)4)33-21-17-28(5)35(23-33)25-38(36)39-29(6)18-19-31-13-11-10-12-14-31/h10-14,16-17,20-23,36-40H,2,6-9,15,18-19,24-25H2,1,3-5H3/t36-,37?,38?/m0/s1. The molecule has 0 saturated heterocycles. The summed E-state index contributed by atoms with van der Waals surface area (Å²) in [5.74, 6) is 0.267. The predicted molar refractivity (Wildman–Crippen MR) is 173 cm³/mol. The Balaban J connectivity index is 1.73. The van der Waals surface area contributed by atoms with Gasteiger partial charge in [0.25, 0.3) is 0 Å². The van der Waals surface area contributed by atoms with Gasteiger partial charge in [-0.1, -0.05) is 112 Å². The van der Waals surface area contributed by atoms with E-state index in [1.807, 2.05) is 0 Å². The fourth-order valence-electron chi connectivity index (χ4n) is 5.89. The highest BCUT2D eigenvalue weighted by atomic mass is 15.0. The zero-order chi connectivity index (χ0) is 28.6. The maximum atomic E-state index is 4.67. The Labute approximate surface area is 243 Å². The highest BCUT2D eigenvalue weighted by Gasteiger charge is 2.27. The summed E-state index contributed by atoms with van der Waals surface area (Å²) in [4.78, 5) is 0. The molecule has 1 heterocycles. The maximum absolute atomic E-state index is 4.67. The molecular formula is C38H48N2. The molecule has 2 unspecified atom stereocenters. The van der Waals surface area contributed by atoms with Crippen molar-refractivity contribution in [1.29, 1.82) is 0 Å². The first-order valence-corrected chi connectivity index (χ1v) is 15.0. The Morgan fingerprint density at radius 2 is 1.52 bits per heavy atom. The van der Waals surface area contributed by atoms with Gasteiger partial charge >= 0.3 is 0 Å². The number of hydrogen-bond donors (Lipinski definition) is 2. The average molecular weight is 533 g/mol. The van der Waals surface area contributed by atoms with E-state index in [-0.39, 0.29) is 18.0 Å². The minimum atomic E-state index is 0.137. The lowest BCUT2D eigenvalue weighted by Gasteiger charge is -2.34. The van der Waals surface area contributed by atoms with E-state index in [1.54, 1.807) is 0 Å². The number of benzene rings is 3. The number of unbranched alkanes of at least 4 members (excludes halogenated alkanes) is 1. The number of hydrogen-bond acceptors (Lipinski definition) is 2. The number of rotatable bonds is 9. The van der Waals surface area contributed by atoms with Crippen LogP contribution in [0, 0.1) is 19.8 Å². The summed E-state index contributed by atoms with van der Waals surface area (Å²) in [6.07, 6.45) is 7.13. The largest absolute Gasteiger partial charge is 0.385 e. The molecule has 0 fully saturated rings. The molecule has 40 heavy (non-hydrogen) atoms. The maximum Gasteiger partial charge on any atom is 0.0505 e. The van der Waals surface area contributed by atoms with E-state index in [4.69, 9.17) is 0 Å². The van der Waals surface area contributed by atoms with Crippen molar-refractivity contribution < 1.29 is 0 Å². The SMILES string of the molecule is C=C(CCc1ccccc1)NC1Cc2cc(ccc2C)-c2ccc(C)c(c2)CC(C(=C)C)NC(=C)[C@@H]1CCCC. The van der Waals surface area contributed by atoms with E-state index < -0.39 is 0 Å². The molecule has 0 spiro atoms. The van der Waals surface area contributed by atoms with Crippen molar-refractivity contribution in [3.8, 4) is 11.1 Å². The Morgan fingerprint density at radius 3 is 2.12 bits per heavy atom. The molecule has 1 aliphatic rings. The van der Waals surface area contributed by atoms with Gasteiger partial charge in [-0.15, -0.1) is 0 Å². The van der Waals surface area contributed by atoms with Gasteiger partial charge in [-0.3, -0.25) is 0 Å². The first-order chi connectivity index (χ1) is 19.2. The first kappa shape index (κ1) is 29.5. The van der Waals surface area contributed by atoms with Crippen LogP contribution in [0.25, 0.3) is 11.1 Å². The van der Waals surface area contributed by atoms with E-state index in [0.29, 0.717) is 0 Å².